The monoisotopic (exact) mass is 397 g/mol. The third-order valence-corrected chi connectivity index (χ3v) is 4.80. The van der Waals surface area contributed by atoms with Crippen molar-refractivity contribution in [2.24, 2.45) is 0 Å². The van der Waals surface area contributed by atoms with Crippen LogP contribution in [0.15, 0.2) is 18.7 Å². The first kappa shape index (κ1) is 19.0. The van der Waals surface area contributed by atoms with E-state index < -0.39 is 0 Å². The number of amides is 1. The number of likely N-dealkylation sites (tertiary alicyclic amines) is 1. The maximum absolute atomic E-state index is 11.9. The Morgan fingerprint density at radius 3 is 2.72 bits per heavy atom. The number of hydrogen-bond acceptors (Lipinski definition) is 8. The highest BCUT2D eigenvalue weighted by Crippen LogP contribution is 2.28. The van der Waals surface area contributed by atoms with E-state index in [0.29, 0.717) is 61.4 Å². The summed E-state index contributed by atoms with van der Waals surface area (Å²) in [6.45, 7) is 7.73. The Kier molecular flexibility index (Phi) is 5.24. The molecule has 1 fully saturated rings. The minimum Gasteiger partial charge on any atom is -0.471 e. The Labute approximate surface area is 167 Å². The lowest BCUT2D eigenvalue weighted by Crippen LogP contribution is -2.31. The second kappa shape index (κ2) is 7.98. The number of aromatic nitrogens is 6. The van der Waals surface area contributed by atoms with Gasteiger partial charge >= 0.3 is 6.09 Å². The molecular formula is C19H23N7O3. The van der Waals surface area contributed by atoms with Crippen molar-refractivity contribution >= 4 is 17.3 Å². The summed E-state index contributed by atoms with van der Waals surface area (Å²) < 4.78 is 13.2. The van der Waals surface area contributed by atoms with Crippen LogP contribution in [0.3, 0.4) is 0 Å². The molecule has 4 rings (SSSR count). The van der Waals surface area contributed by atoms with Crippen LogP contribution in [-0.4, -0.2) is 66.3 Å². The van der Waals surface area contributed by atoms with Gasteiger partial charge in [0.25, 0.3) is 0 Å². The molecule has 0 N–H and O–H groups in total. The molecule has 0 bridgehead atoms. The Balaban J connectivity index is 1.63. The molecule has 10 nitrogen and oxygen atoms in total. The van der Waals surface area contributed by atoms with Crippen LogP contribution in [0.25, 0.3) is 22.6 Å². The highest BCUT2D eigenvalue weighted by Gasteiger charge is 2.30. The fourth-order valence-electron chi connectivity index (χ4n) is 3.39. The minimum absolute atomic E-state index is 0.171. The van der Waals surface area contributed by atoms with E-state index in [1.807, 2.05) is 18.4 Å². The highest BCUT2D eigenvalue weighted by molar-refractivity contribution is 5.81. The molecule has 3 aromatic heterocycles. The van der Waals surface area contributed by atoms with Gasteiger partial charge in [0.15, 0.2) is 11.2 Å². The van der Waals surface area contributed by atoms with Crippen LogP contribution in [0.2, 0.25) is 0 Å². The van der Waals surface area contributed by atoms with Gasteiger partial charge in [0.05, 0.1) is 18.7 Å². The molecular weight excluding hydrogens is 374 g/mol. The van der Waals surface area contributed by atoms with Crippen LogP contribution in [-0.2, 0) is 11.3 Å². The number of aryl methyl sites for hydroxylation is 2. The normalized spacial score (nSPS) is 16.4. The Morgan fingerprint density at radius 2 is 2.00 bits per heavy atom. The number of hydrogen-bond donors (Lipinski definition) is 0. The molecule has 3 aromatic rings. The molecule has 29 heavy (non-hydrogen) atoms. The van der Waals surface area contributed by atoms with E-state index in [2.05, 4.69) is 19.9 Å². The van der Waals surface area contributed by atoms with Crippen molar-refractivity contribution < 1.29 is 14.3 Å². The molecule has 0 saturated carbocycles. The quantitative estimate of drug-likeness (QED) is 0.645. The second-order valence-electron chi connectivity index (χ2n) is 6.72. The highest BCUT2D eigenvalue weighted by atomic mass is 16.6. The number of carbonyl (C=O) groups excluding carboxylic acids is 1. The van der Waals surface area contributed by atoms with Crippen molar-refractivity contribution in [1.82, 2.24) is 34.4 Å². The molecule has 1 aliphatic heterocycles. The third-order valence-electron chi connectivity index (χ3n) is 4.80. The van der Waals surface area contributed by atoms with E-state index in [9.17, 15) is 4.79 Å². The molecule has 1 aliphatic rings. The first-order valence-corrected chi connectivity index (χ1v) is 9.69. The summed E-state index contributed by atoms with van der Waals surface area (Å²) >= 11 is 0. The van der Waals surface area contributed by atoms with Gasteiger partial charge in [-0.3, -0.25) is 0 Å². The summed E-state index contributed by atoms with van der Waals surface area (Å²) in [6, 6.07) is 0. The summed E-state index contributed by atoms with van der Waals surface area (Å²) in [4.78, 5) is 35.5. The van der Waals surface area contributed by atoms with Crippen LogP contribution in [0.4, 0.5) is 4.79 Å². The van der Waals surface area contributed by atoms with Crippen LogP contribution in [0.1, 0.15) is 26.1 Å². The Bertz CT molecular complexity index is 1020. The molecule has 0 aliphatic carbocycles. The fraction of sp³-hybridized carbons (Fsp3) is 0.474. The molecule has 4 heterocycles. The summed E-state index contributed by atoms with van der Waals surface area (Å²) in [5, 5.41) is 0. The SMILES string of the molecule is CCOC(=O)N1CCC(Oc2ncnc3c2nc(-c2cnc(C)nc2)n3CC)C1. The smallest absolute Gasteiger partial charge is 0.409 e. The van der Waals surface area contributed by atoms with Gasteiger partial charge in [-0.05, 0) is 20.8 Å². The summed E-state index contributed by atoms with van der Waals surface area (Å²) in [7, 11) is 0. The topological polar surface area (TPSA) is 108 Å². The molecule has 0 spiro atoms. The van der Waals surface area contributed by atoms with E-state index >= 15 is 0 Å². The summed E-state index contributed by atoms with van der Waals surface area (Å²) in [5.74, 6) is 1.82. The van der Waals surface area contributed by atoms with Gasteiger partial charge in [-0.25, -0.2) is 24.7 Å². The molecule has 1 unspecified atom stereocenters. The maximum atomic E-state index is 11.9. The van der Waals surface area contributed by atoms with E-state index in [1.54, 1.807) is 24.2 Å². The van der Waals surface area contributed by atoms with Crippen molar-refractivity contribution in [3.63, 3.8) is 0 Å². The standard InChI is InChI=1S/C19H23N7O3/c1-4-26-16(13-8-20-12(3)21-9-13)24-15-17(26)22-11-23-18(15)29-14-6-7-25(10-14)19(27)28-5-2/h8-9,11,14H,4-7,10H2,1-3H3. The van der Waals surface area contributed by atoms with Crippen molar-refractivity contribution in [1.29, 1.82) is 0 Å². The molecule has 1 atom stereocenters. The minimum atomic E-state index is -0.316. The van der Waals surface area contributed by atoms with Gasteiger partial charge in [0.2, 0.25) is 5.88 Å². The lowest BCUT2D eigenvalue weighted by molar-refractivity contribution is 0.109. The largest absolute Gasteiger partial charge is 0.471 e. The number of carbonyl (C=O) groups is 1. The molecule has 0 radical (unpaired) electrons. The van der Waals surface area contributed by atoms with Gasteiger partial charge < -0.3 is 18.9 Å². The van der Waals surface area contributed by atoms with Gasteiger partial charge in [0, 0.05) is 31.9 Å². The molecule has 1 amide bonds. The van der Waals surface area contributed by atoms with E-state index in [1.165, 1.54) is 6.33 Å². The number of fused-ring (bicyclic) bond motifs is 1. The van der Waals surface area contributed by atoms with E-state index in [4.69, 9.17) is 14.5 Å². The van der Waals surface area contributed by atoms with Crippen LogP contribution in [0.5, 0.6) is 5.88 Å². The van der Waals surface area contributed by atoms with E-state index in [-0.39, 0.29) is 12.2 Å². The zero-order valence-electron chi connectivity index (χ0n) is 16.7. The van der Waals surface area contributed by atoms with Crippen molar-refractivity contribution in [2.45, 2.75) is 39.8 Å². The Morgan fingerprint density at radius 1 is 1.21 bits per heavy atom. The zero-order chi connectivity index (χ0) is 20.4. The van der Waals surface area contributed by atoms with Crippen LogP contribution < -0.4 is 4.74 Å². The van der Waals surface area contributed by atoms with Gasteiger partial charge in [-0.15, -0.1) is 0 Å². The second-order valence-corrected chi connectivity index (χ2v) is 6.72. The lowest BCUT2D eigenvalue weighted by atomic mass is 10.3. The molecule has 152 valence electrons. The van der Waals surface area contributed by atoms with E-state index in [0.717, 1.165) is 5.56 Å². The predicted octanol–water partition coefficient (Wildman–Crippen LogP) is 2.22. The van der Waals surface area contributed by atoms with Gasteiger partial charge in [0.1, 0.15) is 24.1 Å². The van der Waals surface area contributed by atoms with Crippen molar-refractivity contribution in [3.05, 3.63) is 24.5 Å². The lowest BCUT2D eigenvalue weighted by Gasteiger charge is -2.16. The molecule has 0 aromatic carbocycles. The number of ether oxygens (including phenoxy) is 2. The average Bonchev–Trinajstić information content (AvgIpc) is 3.34. The first-order valence-electron chi connectivity index (χ1n) is 9.69. The zero-order valence-corrected chi connectivity index (χ0v) is 16.7. The molecule has 1 saturated heterocycles. The van der Waals surface area contributed by atoms with Crippen molar-refractivity contribution in [2.75, 3.05) is 19.7 Å². The average molecular weight is 397 g/mol. The predicted molar refractivity (Wildman–Crippen MR) is 104 cm³/mol. The van der Waals surface area contributed by atoms with Crippen LogP contribution in [0, 0.1) is 6.92 Å². The van der Waals surface area contributed by atoms with Crippen LogP contribution >= 0.6 is 0 Å². The first-order chi connectivity index (χ1) is 14.1. The number of rotatable bonds is 5. The van der Waals surface area contributed by atoms with Gasteiger partial charge in [-0.1, -0.05) is 0 Å². The molecule has 10 heteroatoms. The third kappa shape index (κ3) is 3.69. The maximum Gasteiger partial charge on any atom is 0.409 e. The Hall–Kier alpha value is -3.30. The summed E-state index contributed by atoms with van der Waals surface area (Å²) in [5.41, 5.74) is 2.07. The number of nitrogens with zero attached hydrogens (tertiary/aromatic N) is 7. The van der Waals surface area contributed by atoms with Gasteiger partial charge in [-0.2, -0.15) is 4.98 Å². The number of imidazole rings is 1. The fourth-order valence-corrected chi connectivity index (χ4v) is 3.39. The van der Waals surface area contributed by atoms with Crippen molar-refractivity contribution in [3.8, 4) is 17.3 Å². The summed E-state index contributed by atoms with van der Waals surface area (Å²) in [6.07, 6.45) is 5.19.